The smallest absolute Gasteiger partial charge is 0.279 e. The maximum Gasteiger partial charge on any atom is 0.279 e. The molecule has 0 saturated carbocycles. The van der Waals surface area contributed by atoms with Gasteiger partial charge in [-0.25, -0.2) is 0 Å². The fraction of sp³-hybridized carbons (Fsp3) is 0.429. The Balaban J connectivity index is 2.70. The number of quaternary nitrogens is 1. The van der Waals surface area contributed by atoms with E-state index >= 15 is 0 Å². The van der Waals surface area contributed by atoms with E-state index in [9.17, 15) is 9.59 Å². The van der Waals surface area contributed by atoms with Crippen molar-refractivity contribution in [2.45, 2.75) is 13.0 Å². The number of anilines is 1. The van der Waals surface area contributed by atoms with Crippen LogP contribution in [0, 0.1) is 0 Å². The van der Waals surface area contributed by atoms with E-state index in [1.54, 1.807) is 39.2 Å². The van der Waals surface area contributed by atoms with E-state index in [4.69, 9.17) is 16.3 Å². The van der Waals surface area contributed by atoms with Gasteiger partial charge < -0.3 is 20.3 Å². The van der Waals surface area contributed by atoms with E-state index in [-0.39, 0.29) is 24.4 Å². The van der Waals surface area contributed by atoms with E-state index in [0.717, 1.165) is 4.90 Å². The second-order valence-corrected chi connectivity index (χ2v) is 5.19. The molecule has 0 heterocycles. The second-order valence-electron chi connectivity index (χ2n) is 4.75. The predicted molar refractivity (Wildman–Crippen MR) is 81.9 cm³/mol. The molecule has 0 aromatic heterocycles. The minimum absolute atomic E-state index is 0.111. The molecule has 2 amide bonds. The molecule has 0 aliphatic heterocycles. The summed E-state index contributed by atoms with van der Waals surface area (Å²) in [4.78, 5) is 24.4. The minimum Gasteiger partial charge on any atom is -0.495 e. The van der Waals surface area contributed by atoms with E-state index in [1.807, 2.05) is 0 Å². The van der Waals surface area contributed by atoms with Gasteiger partial charge in [-0.15, -0.1) is 0 Å². The van der Waals surface area contributed by atoms with Gasteiger partial charge >= 0.3 is 0 Å². The molecule has 0 spiro atoms. The number of nitrogens with one attached hydrogen (secondary N) is 3. The molecule has 21 heavy (non-hydrogen) atoms. The topological polar surface area (TPSA) is 71.9 Å². The molecule has 2 atom stereocenters. The van der Waals surface area contributed by atoms with Gasteiger partial charge in [0.05, 0.1) is 19.8 Å². The molecule has 0 aliphatic rings. The summed E-state index contributed by atoms with van der Waals surface area (Å²) >= 11 is 5.91. The summed E-state index contributed by atoms with van der Waals surface area (Å²) in [6.45, 7) is 1.92. The molecule has 116 valence electrons. The maximum absolute atomic E-state index is 12.1. The van der Waals surface area contributed by atoms with Crippen molar-refractivity contribution >= 4 is 29.1 Å². The Bertz CT molecular complexity index is 522. The van der Waals surface area contributed by atoms with Crippen molar-refractivity contribution in [1.29, 1.82) is 0 Å². The molecule has 0 fully saturated rings. The van der Waals surface area contributed by atoms with Crippen molar-refractivity contribution in [1.82, 2.24) is 5.32 Å². The molecule has 1 aromatic carbocycles. The summed E-state index contributed by atoms with van der Waals surface area (Å²) < 4.78 is 5.16. The Morgan fingerprint density at radius 1 is 1.43 bits per heavy atom. The Labute approximate surface area is 129 Å². The van der Waals surface area contributed by atoms with Gasteiger partial charge in [-0.1, -0.05) is 11.6 Å². The average molecular weight is 315 g/mol. The summed E-state index contributed by atoms with van der Waals surface area (Å²) in [5.74, 6) is 0.203. The van der Waals surface area contributed by atoms with Gasteiger partial charge in [0, 0.05) is 12.1 Å². The third-order valence-electron chi connectivity index (χ3n) is 3.25. The summed E-state index contributed by atoms with van der Waals surface area (Å²) in [6, 6.07) is 4.67. The molecule has 0 radical (unpaired) electrons. The number of benzene rings is 1. The number of halogens is 1. The van der Waals surface area contributed by atoms with Crippen LogP contribution in [0.2, 0.25) is 5.02 Å². The fourth-order valence-electron chi connectivity index (χ4n) is 1.82. The highest BCUT2D eigenvalue weighted by Crippen LogP contribution is 2.27. The maximum atomic E-state index is 12.1. The number of hydrogen-bond donors (Lipinski definition) is 3. The van der Waals surface area contributed by atoms with Crippen LogP contribution in [0.1, 0.15) is 6.92 Å². The minimum atomic E-state index is -0.318. The molecular weight excluding hydrogens is 294 g/mol. The lowest BCUT2D eigenvalue weighted by Crippen LogP contribution is -3.15. The average Bonchev–Trinajstić information content (AvgIpc) is 2.45. The zero-order valence-corrected chi connectivity index (χ0v) is 13.4. The summed E-state index contributed by atoms with van der Waals surface area (Å²) in [6.07, 6.45) is 0. The number of ether oxygens (including phenoxy) is 1. The van der Waals surface area contributed by atoms with Gasteiger partial charge in [-0.3, -0.25) is 9.59 Å². The SMILES string of the molecule is CNC(=O)[C@@H](C)[NH+](C)CC(=O)Nc1cc(Cl)ccc1OC. The Morgan fingerprint density at radius 3 is 2.67 bits per heavy atom. The van der Waals surface area contributed by atoms with Crippen LogP contribution in [0.5, 0.6) is 5.75 Å². The third-order valence-corrected chi connectivity index (χ3v) is 3.49. The van der Waals surface area contributed by atoms with Crippen LogP contribution in [-0.4, -0.2) is 45.6 Å². The molecule has 0 bridgehead atoms. The van der Waals surface area contributed by atoms with Crippen LogP contribution in [0.4, 0.5) is 5.69 Å². The van der Waals surface area contributed by atoms with Crippen LogP contribution in [0.15, 0.2) is 18.2 Å². The van der Waals surface area contributed by atoms with E-state index in [1.165, 1.54) is 7.11 Å². The number of methoxy groups -OCH3 is 1. The standard InChI is InChI=1S/C14H20ClN3O3/c1-9(14(20)16-2)18(3)8-13(19)17-11-7-10(15)5-6-12(11)21-4/h5-7,9H,8H2,1-4H3,(H,16,20)(H,17,19)/p+1/t9-/m1/s1. The number of hydrogen-bond acceptors (Lipinski definition) is 3. The first-order valence-corrected chi connectivity index (χ1v) is 6.94. The first kappa shape index (κ1) is 17.3. The van der Waals surface area contributed by atoms with Crippen LogP contribution in [0.25, 0.3) is 0 Å². The quantitative estimate of drug-likeness (QED) is 0.689. The predicted octanol–water partition coefficient (Wildman–Crippen LogP) is -0.0637. The van der Waals surface area contributed by atoms with Gasteiger partial charge in [0.25, 0.3) is 11.8 Å². The first-order valence-electron chi connectivity index (χ1n) is 6.56. The molecule has 1 rings (SSSR count). The molecule has 0 saturated heterocycles. The Morgan fingerprint density at radius 2 is 2.10 bits per heavy atom. The van der Waals surface area contributed by atoms with Gasteiger partial charge in [0.1, 0.15) is 5.75 Å². The molecule has 1 aromatic rings. The van der Waals surface area contributed by atoms with E-state index in [2.05, 4.69) is 10.6 Å². The van der Waals surface area contributed by atoms with Crippen LogP contribution in [-0.2, 0) is 9.59 Å². The third kappa shape index (κ3) is 4.91. The molecule has 7 heteroatoms. The lowest BCUT2D eigenvalue weighted by molar-refractivity contribution is -0.885. The highest BCUT2D eigenvalue weighted by atomic mass is 35.5. The Hall–Kier alpha value is -1.79. The zero-order chi connectivity index (χ0) is 16.0. The Kier molecular flexibility index (Phi) is 6.45. The molecular formula is C14H21ClN3O3+. The van der Waals surface area contributed by atoms with Crippen LogP contribution in [0.3, 0.4) is 0 Å². The van der Waals surface area contributed by atoms with Crippen molar-refractivity contribution in [3.63, 3.8) is 0 Å². The lowest BCUT2D eigenvalue weighted by atomic mass is 10.2. The van der Waals surface area contributed by atoms with Gasteiger partial charge in [-0.2, -0.15) is 0 Å². The van der Waals surface area contributed by atoms with Crippen molar-refractivity contribution in [3.8, 4) is 5.75 Å². The lowest BCUT2D eigenvalue weighted by Gasteiger charge is -2.20. The van der Waals surface area contributed by atoms with Gasteiger partial charge in [0.15, 0.2) is 12.6 Å². The monoisotopic (exact) mass is 314 g/mol. The summed E-state index contributed by atoms with van der Waals surface area (Å²) in [5, 5.41) is 5.81. The van der Waals surface area contributed by atoms with Crippen LogP contribution >= 0.6 is 11.6 Å². The van der Waals surface area contributed by atoms with Crippen molar-refractivity contribution in [2.24, 2.45) is 0 Å². The summed E-state index contributed by atoms with van der Waals surface area (Å²) in [5.41, 5.74) is 0.510. The number of carbonyl (C=O) groups is 2. The number of rotatable bonds is 6. The van der Waals surface area contributed by atoms with E-state index < -0.39 is 0 Å². The van der Waals surface area contributed by atoms with Crippen molar-refractivity contribution < 1.29 is 19.2 Å². The largest absolute Gasteiger partial charge is 0.495 e. The number of likely N-dealkylation sites (N-methyl/N-ethyl adjacent to an activating group) is 2. The summed E-state index contributed by atoms with van der Waals surface area (Å²) in [7, 11) is 4.88. The fourth-order valence-corrected chi connectivity index (χ4v) is 1.99. The van der Waals surface area contributed by atoms with Crippen LogP contribution < -0.4 is 20.3 Å². The molecule has 1 unspecified atom stereocenters. The molecule has 3 N–H and O–H groups in total. The normalized spacial score (nSPS) is 13.2. The van der Waals surface area contributed by atoms with Crippen molar-refractivity contribution in [2.75, 3.05) is 33.1 Å². The second kappa shape index (κ2) is 7.85. The molecule has 6 nitrogen and oxygen atoms in total. The number of carbonyl (C=O) groups excluding carboxylic acids is 2. The first-order chi connectivity index (χ1) is 9.88. The molecule has 0 aliphatic carbocycles. The van der Waals surface area contributed by atoms with Crippen molar-refractivity contribution in [3.05, 3.63) is 23.2 Å². The highest BCUT2D eigenvalue weighted by molar-refractivity contribution is 6.31. The highest BCUT2D eigenvalue weighted by Gasteiger charge is 2.23. The van der Waals surface area contributed by atoms with Gasteiger partial charge in [0.2, 0.25) is 0 Å². The number of amides is 2. The van der Waals surface area contributed by atoms with Gasteiger partial charge in [-0.05, 0) is 25.1 Å². The zero-order valence-electron chi connectivity index (χ0n) is 12.6. The van der Waals surface area contributed by atoms with E-state index in [0.29, 0.717) is 16.5 Å².